The van der Waals surface area contributed by atoms with E-state index in [-0.39, 0.29) is 19.6 Å². The summed E-state index contributed by atoms with van der Waals surface area (Å²) in [6, 6.07) is 12.0. The monoisotopic (exact) mass is 361 g/mol. The van der Waals surface area contributed by atoms with E-state index in [1.54, 1.807) is 62.5 Å². The van der Waals surface area contributed by atoms with Crippen LogP contribution in [0.15, 0.2) is 48.7 Å². The molecule has 5 nitrogen and oxygen atoms in total. The Morgan fingerprint density at radius 2 is 1.60 bits per heavy atom. The summed E-state index contributed by atoms with van der Waals surface area (Å²) in [5.41, 5.74) is -0.804. The van der Waals surface area contributed by atoms with Gasteiger partial charge in [-0.05, 0) is 37.6 Å². The Balaban J connectivity index is 2.66. The van der Waals surface area contributed by atoms with Gasteiger partial charge in [-0.1, -0.05) is 35.9 Å². The van der Waals surface area contributed by atoms with Crippen LogP contribution >= 0.6 is 11.6 Å². The molecule has 0 amide bonds. The highest BCUT2D eigenvalue weighted by atomic mass is 35.5. The van der Waals surface area contributed by atoms with E-state index in [0.29, 0.717) is 16.3 Å². The first-order valence-corrected chi connectivity index (χ1v) is 8.43. The van der Waals surface area contributed by atoms with Crippen LogP contribution in [0, 0.1) is 0 Å². The van der Waals surface area contributed by atoms with Crippen LogP contribution in [-0.2, 0) is 30.9 Å². The second-order valence-corrected chi connectivity index (χ2v) is 5.73. The molecule has 0 aliphatic rings. The SMILES string of the molecule is CCOC(=O)C(Cc1ccccn1)(C(=O)OCC)c1ccccc1Cl. The molecule has 1 aromatic carbocycles. The fourth-order valence-electron chi connectivity index (χ4n) is 2.63. The van der Waals surface area contributed by atoms with E-state index in [1.807, 2.05) is 0 Å². The third-order valence-corrected chi connectivity index (χ3v) is 4.08. The molecule has 0 saturated heterocycles. The normalized spacial score (nSPS) is 11.0. The Morgan fingerprint density at radius 1 is 1.00 bits per heavy atom. The molecule has 0 spiro atoms. The van der Waals surface area contributed by atoms with E-state index in [4.69, 9.17) is 21.1 Å². The third-order valence-electron chi connectivity index (χ3n) is 3.75. The summed E-state index contributed by atoms with van der Waals surface area (Å²) in [4.78, 5) is 30.1. The van der Waals surface area contributed by atoms with Gasteiger partial charge in [-0.3, -0.25) is 14.6 Å². The molecule has 0 atom stereocenters. The summed E-state index contributed by atoms with van der Waals surface area (Å²) in [6.07, 6.45) is 1.60. The number of carbonyl (C=O) groups excluding carboxylic acids is 2. The second-order valence-electron chi connectivity index (χ2n) is 5.32. The van der Waals surface area contributed by atoms with Gasteiger partial charge in [0.05, 0.1) is 13.2 Å². The van der Waals surface area contributed by atoms with Gasteiger partial charge in [0.25, 0.3) is 0 Å². The number of hydrogen-bond donors (Lipinski definition) is 0. The Kier molecular flexibility index (Phi) is 6.53. The Labute approximate surface area is 151 Å². The lowest BCUT2D eigenvalue weighted by molar-refractivity contribution is -0.165. The number of rotatable bonds is 7. The van der Waals surface area contributed by atoms with Crippen LogP contribution in [0.2, 0.25) is 5.02 Å². The molecule has 2 rings (SSSR count). The van der Waals surface area contributed by atoms with Crippen LogP contribution in [0.1, 0.15) is 25.1 Å². The first kappa shape index (κ1) is 18.9. The molecule has 1 aromatic heterocycles. The summed E-state index contributed by atoms with van der Waals surface area (Å²) in [7, 11) is 0. The molecular weight excluding hydrogens is 342 g/mol. The molecule has 0 radical (unpaired) electrons. The standard InChI is InChI=1S/C19H20ClNO4/c1-3-24-17(22)19(18(23)25-4-2,13-14-9-7-8-12-21-14)15-10-5-6-11-16(15)20/h5-12H,3-4,13H2,1-2H3. The van der Waals surface area contributed by atoms with Crippen molar-refractivity contribution in [3.05, 3.63) is 64.9 Å². The largest absolute Gasteiger partial charge is 0.465 e. The molecule has 0 unspecified atom stereocenters. The number of pyridine rings is 1. The van der Waals surface area contributed by atoms with Gasteiger partial charge in [0, 0.05) is 23.3 Å². The summed E-state index contributed by atoms with van der Waals surface area (Å²) < 4.78 is 10.5. The van der Waals surface area contributed by atoms with Crippen LogP contribution in [0.4, 0.5) is 0 Å². The number of halogens is 1. The van der Waals surface area contributed by atoms with Crippen LogP contribution in [0.25, 0.3) is 0 Å². The molecule has 0 aliphatic carbocycles. The van der Waals surface area contributed by atoms with Crippen molar-refractivity contribution in [2.75, 3.05) is 13.2 Å². The zero-order valence-electron chi connectivity index (χ0n) is 14.2. The van der Waals surface area contributed by atoms with Crippen molar-refractivity contribution in [2.24, 2.45) is 0 Å². The van der Waals surface area contributed by atoms with Gasteiger partial charge in [-0.2, -0.15) is 0 Å². The topological polar surface area (TPSA) is 65.5 Å². The fraction of sp³-hybridized carbons (Fsp3) is 0.316. The molecule has 132 valence electrons. The number of nitrogens with zero attached hydrogens (tertiary/aromatic N) is 1. The van der Waals surface area contributed by atoms with Crippen molar-refractivity contribution in [2.45, 2.75) is 25.7 Å². The molecule has 0 bridgehead atoms. The lowest BCUT2D eigenvalue weighted by Gasteiger charge is -2.30. The lowest BCUT2D eigenvalue weighted by atomic mass is 9.76. The third kappa shape index (κ3) is 3.99. The van der Waals surface area contributed by atoms with Crippen LogP contribution in [0.3, 0.4) is 0 Å². The number of benzene rings is 1. The maximum atomic E-state index is 12.9. The molecule has 0 saturated carbocycles. The van der Waals surface area contributed by atoms with Crippen molar-refractivity contribution in [3.8, 4) is 0 Å². The molecular formula is C19H20ClNO4. The van der Waals surface area contributed by atoms with Crippen molar-refractivity contribution >= 4 is 23.5 Å². The maximum Gasteiger partial charge on any atom is 0.328 e. The van der Waals surface area contributed by atoms with Gasteiger partial charge in [0.15, 0.2) is 5.41 Å². The van der Waals surface area contributed by atoms with E-state index >= 15 is 0 Å². The zero-order chi connectivity index (χ0) is 18.3. The van der Waals surface area contributed by atoms with Gasteiger partial charge in [0.2, 0.25) is 0 Å². The Hall–Kier alpha value is -2.40. The summed E-state index contributed by atoms with van der Waals surface area (Å²) in [6.45, 7) is 3.63. The molecule has 25 heavy (non-hydrogen) atoms. The van der Waals surface area contributed by atoms with Gasteiger partial charge in [0.1, 0.15) is 0 Å². The molecule has 2 aromatic rings. The van der Waals surface area contributed by atoms with E-state index in [2.05, 4.69) is 4.98 Å². The van der Waals surface area contributed by atoms with Crippen molar-refractivity contribution in [1.82, 2.24) is 4.98 Å². The average molecular weight is 362 g/mol. The van der Waals surface area contributed by atoms with Gasteiger partial charge < -0.3 is 9.47 Å². The Bertz CT molecular complexity index is 715. The summed E-state index contributed by atoms with van der Waals surface area (Å²) in [5, 5.41) is 0.291. The van der Waals surface area contributed by atoms with Crippen molar-refractivity contribution < 1.29 is 19.1 Å². The second kappa shape index (κ2) is 8.62. The first-order chi connectivity index (χ1) is 12.1. The van der Waals surface area contributed by atoms with Crippen LogP contribution in [-0.4, -0.2) is 30.1 Å². The van der Waals surface area contributed by atoms with Crippen molar-refractivity contribution in [1.29, 1.82) is 0 Å². The van der Waals surface area contributed by atoms with Crippen molar-refractivity contribution in [3.63, 3.8) is 0 Å². The Morgan fingerprint density at radius 3 is 2.12 bits per heavy atom. The van der Waals surface area contributed by atoms with Gasteiger partial charge >= 0.3 is 11.9 Å². The van der Waals surface area contributed by atoms with Gasteiger partial charge in [-0.15, -0.1) is 0 Å². The number of aromatic nitrogens is 1. The van der Waals surface area contributed by atoms with Crippen LogP contribution < -0.4 is 0 Å². The van der Waals surface area contributed by atoms with E-state index in [1.165, 1.54) is 0 Å². The highest BCUT2D eigenvalue weighted by Gasteiger charge is 2.52. The average Bonchev–Trinajstić information content (AvgIpc) is 2.61. The van der Waals surface area contributed by atoms with E-state index < -0.39 is 17.4 Å². The number of carbonyl (C=O) groups is 2. The minimum atomic E-state index is -1.71. The number of hydrogen-bond acceptors (Lipinski definition) is 5. The smallest absolute Gasteiger partial charge is 0.328 e. The highest BCUT2D eigenvalue weighted by Crippen LogP contribution is 2.36. The zero-order valence-corrected chi connectivity index (χ0v) is 15.0. The molecule has 1 heterocycles. The lowest BCUT2D eigenvalue weighted by Crippen LogP contribution is -2.48. The summed E-state index contributed by atoms with van der Waals surface area (Å²) >= 11 is 6.33. The molecule has 0 fully saturated rings. The molecule has 0 aliphatic heterocycles. The first-order valence-electron chi connectivity index (χ1n) is 8.05. The van der Waals surface area contributed by atoms with Crippen LogP contribution in [0.5, 0.6) is 0 Å². The quantitative estimate of drug-likeness (QED) is 0.559. The predicted molar refractivity (Wildman–Crippen MR) is 94.3 cm³/mol. The van der Waals surface area contributed by atoms with E-state index in [0.717, 1.165) is 0 Å². The minimum Gasteiger partial charge on any atom is -0.465 e. The van der Waals surface area contributed by atoms with E-state index in [9.17, 15) is 9.59 Å². The molecule has 6 heteroatoms. The highest BCUT2D eigenvalue weighted by molar-refractivity contribution is 6.32. The fourth-order valence-corrected chi connectivity index (χ4v) is 2.93. The van der Waals surface area contributed by atoms with Gasteiger partial charge in [-0.25, -0.2) is 0 Å². The molecule has 0 N–H and O–H groups in total. The minimum absolute atomic E-state index is 0.00472. The number of ether oxygens (including phenoxy) is 2. The summed E-state index contributed by atoms with van der Waals surface area (Å²) in [5.74, 6) is -1.40. The predicted octanol–water partition coefficient (Wildman–Crippen LogP) is 3.34. The number of esters is 2. The maximum absolute atomic E-state index is 12.9.